The number of anilines is 1. The number of nitrogens with zero attached hydrogens (tertiary/aromatic N) is 5. The number of nitrogens with two attached hydrogens (primary N) is 2. The van der Waals surface area contributed by atoms with Crippen molar-refractivity contribution in [2.45, 2.75) is 19.0 Å². The van der Waals surface area contributed by atoms with Crippen molar-refractivity contribution in [1.29, 1.82) is 5.26 Å². The number of piperidine rings is 1. The zero-order valence-electron chi connectivity index (χ0n) is 17.6. The second-order valence-electron chi connectivity index (χ2n) is 7.52. The summed E-state index contributed by atoms with van der Waals surface area (Å²) < 4.78 is 39.3. The Hall–Kier alpha value is -3.72. The van der Waals surface area contributed by atoms with Gasteiger partial charge in [0.2, 0.25) is 11.9 Å². The van der Waals surface area contributed by atoms with Gasteiger partial charge >= 0.3 is 6.18 Å². The van der Waals surface area contributed by atoms with Crippen molar-refractivity contribution in [2.75, 3.05) is 31.5 Å². The highest BCUT2D eigenvalue weighted by atomic mass is 19.4. The van der Waals surface area contributed by atoms with Gasteiger partial charge in [-0.3, -0.25) is 9.78 Å². The first-order valence-corrected chi connectivity index (χ1v) is 10.2. The Morgan fingerprint density at radius 1 is 1.30 bits per heavy atom. The molecular formula is C21H23F3N8O. The largest absolute Gasteiger partial charge is 0.417 e. The van der Waals surface area contributed by atoms with Crippen molar-refractivity contribution in [3.63, 3.8) is 0 Å². The molecule has 3 rings (SSSR count). The number of nitrogens with one attached hydrogen (secondary N) is 1. The highest BCUT2D eigenvalue weighted by molar-refractivity contribution is 5.80. The van der Waals surface area contributed by atoms with Crippen molar-refractivity contribution < 1.29 is 18.0 Å². The fourth-order valence-electron chi connectivity index (χ4n) is 3.56. The molecule has 5 N–H and O–H groups in total. The topological polar surface area (TPSA) is 147 Å². The first-order valence-electron chi connectivity index (χ1n) is 10.2. The molecule has 1 fully saturated rings. The SMILES string of the molecule is N#Cc1cnc(NCC2CCN(C(=O)CN)CC2)nc1/C(=C/N)c1cncc(C(F)(F)F)c1. The van der Waals surface area contributed by atoms with Gasteiger partial charge in [0.15, 0.2) is 0 Å². The second kappa shape index (κ2) is 10.3. The molecule has 33 heavy (non-hydrogen) atoms. The van der Waals surface area contributed by atoms with Crippen LogP contribution in [0.5, 0.6) is 0 Å². The van der Waals surface area contributed by atoms with Crippen molar-refractivity contribution in [1.82, 2.24) is 19.9 Å². The van der Waals surface area contributed by atoms with Crippen LogP contribution in [0.2, 0.25) is 0 Å². The number of likely N-dealkylation sites (tertiary alicyclic amines) is 1. The molecule has 0 aromatic carbocycles. The number of nitriles is 1. The van der Waals surface area contributed by atoms with Gasteiger partial charge < -0.3 is 21.7 Å². The maximum atomic E-state index is 13.1. The van der Waals surface area contributed by atoms with Gasteiger partial charge in [0.25, 0.3) is 0 Å². The number of carbonyl (C=O) groups is 1. The summed E-state index contributed by atoms with van der Waals surface area (Å²) in [6, 6.07) is 2.84. The van der Waals surface area contributed by atoms with Crippen LogP contribution in [0.1, 0.15) is 35.2 Å². The molecule has 174 valence electrons. The summed E-state index contributed by atoms with van der Waals surface area (Å²) >= 11 is 0. The summed E-state index contributed by atoms with van der Waals surface area (Å²) in [5, 5.41) is 12.6. The van der Waals surface area contributed by atoms with E-state index in [9.17, 15) is 23.2 Å². The molecule has 0 saturated carbocycles. The van der Waals surface area contributed by atoms with E-state index in [-0.39, 0.29) is 46.7 Å². The summed E-state index contributed by atoms with van der Waals surface area (Å²) in [4.78, 5) is 25.5. The maximum absolute atomic E-state index is 13.1. The number of pyridine rings is 1. The van der Waals surface area contributed by atoms with E-state index in [0.29, 0.717) is 25.8 Å². The highest BCUT2D eigenvalue weighted by Gasteiger charge is 2.31. The number of amides is 1. The molecule has 2 aromatic heterocycles. The summed E-state index contributed by atoms with van der Waals surface area (Å²) in [7, 11) is 0. The molecular weight excluding hydrogens is 437 g/mol. The van der Waals surface area contributed by atoms with Crippen LogP contribution in [0, 0.1) is 17.2 Å². The van der Waals surface area contributed by atoms with Crippen LogP contribution in [-0.2, 0) is 11.0 Å². The van der Waals surface area contributed by atoms with Crippen LogP contribution >= 0.6 is 0 Å². The minimum Gasteiger partial charge on any atom is -0.404 e. The summed E-state index contributed by atoms with van der Waals surface area (Å²) in [5.74, 6) is 0.405. The Bertz CT molecular complexity index is 1070. The van der Waals surface area contributed by atoms with Crippen LogP contribution < -0.4 is 16.8 Å². The van der Waals surface area contributed by atoms with E-state index in [1.165, 1.54) is 12.4 Å². The fourth-order valence-corrected chi connectivity index (χ4v) is 3.56. The first-order chi connectivity index (χ1) is 15.8. The van der Waals surface area contributed by atoms with Gasteiger partial charge in [0.05, 0.1) is 29.6 Å². The number of hydrogen-bond donors (Lipinski definition) is 3. The smallest absolute Gasteiger partial charge is 0.404 e. The zero-order valence-corrected chi connectivity index (χ0v) is 17.6. The van der Waals surface area contributed by atoms with Gasteiger partial charge in [-0.25, -0.2) is 9.97 Å². The molecule has 1 saturated heterocycles. The van der Waals surface area contributed by atoms with E-state index < -0.39 is 11.7 Å². The van der Waals surface area contributed by atoms with E-state index in [1.807, 2.05) is 6.07 Å². The van der Waals surface area contributed by atoms with Crippen LogP contribution in [0.4, 0.5) is 19.1 Å². The Balaban J connectivity index is 1.77. The average Bonchev–Trinajstić information content (AvgIpc) is 2.83. The van der Waals surface area contributed by atoms with Crippen molar-refractivity contribution in [3.05, 3.63) is 53.2 Å². The van der Waals surface area contributed by atoms with E-state index >= 15 is 0 Å². The van der Waals surface area contributed by atoms with Gasteiger partial charge in [0.1, 0.15) is 6.07 Å². The van der Waals surface area contributed by atoms with E-state index in [4.69, 9.17) is 11.5 Å². The molecule has 1 amide bonds. The number of alkyl halides is 3. The number of hydrogen-bond acceptors (Lipinski definition) is 8. The number of aromatic nitrogens is 3. The molecule has 9 nitrogen and oxygen atoms in total. The minimum atomic E-state index is -4.58. The van der Waals surface area contributed by atoms with Crippen LogP contribution in [0.15, 0.2) is 30.9 Å². The van der Waals surface area contributed by atoms with Crippen molar-refractivity contribution >= 4 is 17.4 Å². The van der Waals surface area contributed by atoms with Gasteiger partial charge in [-0.15, -0.1) is 0 Å². The predicted molar refractivity (Wildman–Crippen MR) is 114 cm³/mol. The standard InChI is InChI=1S/C21H23F3N8O/c22-21(23,24)16-5-14(10-28-12-16)17(7-26)19-15(6-25)11-30-20(31-19)29-9-13-1-3-32(4-2-13)18(33)8-27/h5,7,10-13H,1-4,8-9,26-27H2,(H,29,30,31)/b17-7+. The van der Waals surface area contributed by atoms with E-state index in [2.05, 4.69) is 20.3 Å². The lowest BCUT2D eigenvalue weighted by molar-refractivity contribution is -0.137. The molecule has 1 aliphatic rings. The quantitative estimate of drug-likeness (QED) is 0.590. The van der Waals surface area contributed by atoms with Gasteiger partial charge in [0, 0.05) is 49.4 Å². The van der Waals surface area contributed by atoms with Crippen LogP contribution in [-0.4, -0.2) is 51.9 Å². The van der Waals surface area contributed by atoms with Crippen molar-refractivity contribution in [2.24, 2.45) is 17.4 Å². The Morgan fingerprint density at radius 3 is 2.64 bits per heavy atom. The van der Waals surface area contributed by atoms with Gasteiger partial charge in [-0.1, -0.05) is 0 Å². The molecule has 3 heterocycles. The lowest BCUT2D eigenvalue weighted by Crippen LogP contribution is -2.42. The zero-order chi connectivity index (χ0) is 24.0. The monoisotopic (exact) mass is 460 g/mol. The fraction of sp³-hybridized carbons (Fsp3) is 0.381. The molecule has 0 atom stereocenters. The Morgan fingerprint density at radius 2 is 2.03 bits per heavy atom. The molecule has 0 bridgehead atoms. The Labute approximate surface area is 188 Å². The number of rotatable bonds is 6. The molecule has 0 unspecified atom stereocenters. The lowest BCUT2D eigenvalue weighted by Gasteiger charge is -2.31. The van der Waals surface area contributed by atoms with Gasteiger partial charge in [-0.05, 0) is 24.8 Å². The lowest BCUT2D eigenvalue weighted by atomic mass is 9.97. The molecule has 0 radical (unpaired) electrons. The molecule has 1 aliphatic heterocycles. The third-order valence-corrected chi connectivity index (χ3v) is 5.40. The predicted octanol–water partition coefficient (Wildman–Crippen LogP) is 1.72. The third kappa shape index (κ3) is 5.75. The van der Waals surface area contributed by atoms with Crippen LogP contribution in [0.3, 0.4) is 0 Å². The molecule has 0 aliphatic carbocycles. The number of halogens is 3. The summed E-state index contributed by atoms with van der Waals surface area (Å²) in [6.45, 7) is 1.75. The highest BCUT2D eigenvalue weighted by Crippen LogP contribution is 2.32. The average molecular weight is 460 g/mol. The molecule has 12 heteroatoms. The van der Waals surface area contributed by atoms with E-state index in [0.717, 1.165) is 25.1 Å². The third-order valence-electron chi connectivity index (χ3n) is 5.40. The summed E-state index contributed by atoms with van der Waals surface area (Å²) in [6.07, 6.45) is 1.30. The summed E-state index contributed by atoms with van der Waals surface area (Å²) in [5.41, 5.74) is 10.5. The normalized spacial score (nSPS) is 15.2. The maximum Gasteiger partial charge on any atom is 0.417 e. The second-order valence-corrected chi connectivity index (χ2v) is 7.52. The molecule has 2 aromatic rings. The van der Waals surface area contributed by atoms with E-state index in [1.54, 1.807) is 4.90 Å². The van der Waals surface area contributed by atoms with Gasteiger partial charge in [-0.2, -0.15) is 18.4 Å². The van der Waals surface area contributed by atoms with Crippen molar-refractivity contribution in [3.8, 4) is 6.07 Å². The van der Waals surface area contributed by atoms with Crippen LogP contribution in [0.25, 0.3) is 5.57 Å². The Kier molecular flexibility index (Phi) is 7.44. The first kappa shape index (κ1) is 23.9. The number of carbonyl (C=O) groups excluding carboxylic acids is 1. The minimum absolute atomic E-state index is 0.0107. The molecule has 0 spiro atoms.